The summed E-state index contributed by atoms with van der Waals surface area (Å²) in [6.45, 7) is 1.54. The second-order valence-corrected chi connectivity index (χ2v) is 11.8. The summed E-state index contributed by atoms with van der Waals surface area (Å²) in [5, 5.41) is 12.2. The van der Waals surface area contributed by atoms with Crippen molar-refractivity contribution in [3.63, 3.8) is 0 Å². The number of hydrogen-bond donors (Lipinski definition) is 1. The lowest BCUT2D eigenvalue weighted by molar-refractivity contribution is -0.283. The summed E-state index contributed by atoms with van der Waals surface area (Å²) in [5.74, 6) is 0. The first-order valence-corrected chi connectivity index (χ1v) is 16.2. The summed E-state index contributed by atoms with van der Waals surface area (Å²) in [6, 6.07) is 49.9. The molecule has 5 aromatic carbocycles. The van der Waals surface area contributed by atoms with Gasteiger partial charge in [-0.2, -0.15) is 0 Å². The predicted octanol–water partition coefficient (Wildman–Crippen LogP) is 7.29. The highest BCUT2D eigenvalue weighted by molar-refractivity contribution is 5.18. The van der Waals surface area contributed by atoms with Gasteiger partial charge in [0.2, 0.25) is 0 Å². The van der Waals surface area contributed by atoms with Crippen LogP contribution in [-0.2, 0) is 56.7 Å². The van der Waals surface area contributed by atoms with Crippen LogP contribution in [0, 0.1) is 0 Å². The molecule has 4 atom stereocenters. The van der Waals surface area contributed by atoms with Gasteiger partial charge < -0.3 is 28.8 Å². The maximum atomic E-state index is 12.2. The normalized spacial score (nSPS) is 22.6. The van der Waals surface area contributed by atoms with E-state index >= 15 is 0 Å². The Morgan fingerprint density at radius 3 is 0.723 bits per heavy atom. The predicted molar refractivity (Wildman–Crippen MR) is 181 cm³/mol. The molecule has 0 radical (unpaired) electrons. The minimum absolute atomic E-state index is 0.292. The SMILES string of the molecule is OC1C(OCc2ccccc2)C(OCc2ccccc2)C(OCc2ccccc2)C(OCc2ccccc2)C1OCc1ccccc1. The molecule has 47 heavy (non-hydrogen) atoms. The van der Waals surface area contributed by atoms with Crippen molar-refractivity contribution in [2.45, 2.75) is 69.7 Å². The quantitative estimate of drug-likeness (QED) is 0.131. The van der Waals surface area contributed by atoms with Crippen molar-refractivity contribution in [1.82, 2.24) is 0 Å². The van der Waals surface area contributed by atoms with Crippen LogP contribution in [0.15, 0.2) is 152 Å². The molecule has 6 nitrogen and oxygen atoms in total. The molecule has 4 unspecified atom stereocenters. The van der Waals surface area contributed by atoms with Crippen LogP contribution >= 0.6 is 0 Å². The van der Waals surface area contributed by atoms with Crippen molar-refractivity contribution in [3.05, 3.63) is 179 Å². The Morgan fingerprint density at radius 1 is 0.298 bits per heavy atom. The molecular formula is C41H42O6. The Morgan fingerprint density at radius 2 is 0.489 bits per heavy atom. The van der Waals surface area contributed by atoms with Crippen molar-refractivity contribution < 1.29 is 28.8 Å². The summed E-state index contributed by atoms with van der Waals surface area (Å²) in [7, 11) is 0. The van der Waals surface area contributed by atoms with E-state index in [2.05, 4.69) is 0 Å². The first-order chi connectivity index (χ1) is 23.2. The van der Waals surface area contributed by atoms with Crippen LogP contribution in [0.5, 0.6) is 0 Å². The molecule has 5 aromatic rings. The number of rotatable bonds is 15. The summed E-state index contributed by atoms with van der Waals surface area (Å²) < 4.78 is 33.3. The molecule has 0 spiro atoms. The smallest absolute Gasteiger partial charge is 0.116 e. The fraction of sp³-hybridized carbons (Fsp3) is 0.268. The Bertz CT molecular complexity index is 1470. The highest BCUT2D eigenvalue weighted by Gasteiger charge is 2.54. The van der Waals surface area contributed by atoms with E-state index in [1.165, 1.54) is 0 Å². The zero-order valence-electron chi connectivity index (χ0n) is 26.4. The topological polar surface area (TPSA) is 66.4 Å². The molecule has 1 saturated carbocycles. The molecule has 242 valence electrons. The maximum Gasteiger partial charge on any atom is 0.116 e. The van der Waals surface area contributed by atoms with Gasteiger partial charge in [-0.05, 0) is 27.8 Å². The van der Waals surface area contributed by atoms with Gasteiger partial charge in [0, 0.05) is 0 Å². The average molecular weight is 631 g/mol. The van der Waals surface area contributed by atoms with E-state index in [0.717, 1.165) is 27.8 Å². The number of aliphatic hydroxyl groups is 1. The molecular weight excluding hydrogens is 588 g/mol. The van der Waals surface area contributed by atoms with Crippen LogP contribution in [0.25, 0.3) is 0 Å². The van der Waals surface area contributed by atoms with E-state index < -0.39 is 36.6 Å². The van der Waals surface area contributed by atoms with E-state index in [1.54, 1.807) is 0 Å². The molecule has 0 heterocycles. The molecule has 6 rings (SSSR count). The number of benzene rings is 5. The van der Waals surface area contributed by atoms with Crippen LogP contribution in [0.2, 0.25) is 0 Å². The largest absolute Gasteiger partial charge is 0.387 e. The van der Waals surface area contributed by atoms with Gasteiger partial charge in [-0.3, -0.25) is 0 Å². The van der Waals surface area contributed by atoms with Crippen LogP contribution in [-0.4, -0.2) is 41.7 Å². The number of aliphatic hydroxyl groups excluding tert-OH is 1. The third-order valence-corrected chi connectivity index (χ3v) is 8.39. The van der Waals surface area contributed by atoms with Crippen molar-refractivity contribution >= 4 is 0 Å². The molecule has 0 amide bonds. The second kappa shape index (κ2) is 17.1. The molecule has 0 aliphatic heterocycles. The van der Waals surface area contributed by atoms with Crippen molar-refractivity contribution in [2.24, 2.45) is 0 Å². The second-order valence-electron chi connectivity index (χ2n) is 11.8. The molecule has 1 aliphatic carbocycles. The van der Waals surface area contributed by atoms with Crippen molar-refractivity contribution in [1.29, 1.82) is 0 Å². The Kier molecular flexibility index (Phi) is 12.0. The summed E-state index contributed by atoms with van der Waals surface area (Å²) >= 11 is 0. The molecule has 0 bridgehead atoms. The average Bonchev–Trinajstić information content (AvgIpc) is 3.14. The van der Waals surface area contributed by atoms with Gasteiger partial charge >= 0.3 is 0 Å². The van der Waals surface area contributed by atoms with Crippen LogP contribution in [0.4, 0.5) is 0 Å². The minimum Gasteiger partial charge on any atom is -0.387 e. The van der Waals surface area contributed by atoms with Gasteiger partial charge in [-0.1, -0.05) is 152 Å². The lowest BCUT2D eigenvalue weighted by Crippen LogP contribution is -2.66. The van der Waals surface area contributed by atoms with Crippen LogP contribution in [0.1, 0.15) is 27.8 Å². The van der Waals surface area contributed by atoms with Crippen LogP contribution < -0.4 is 0 Å². The van der Waals surface area contributed by atoms with E-state index in [4.69, 9.17) is 23.7 Å². The van der Waals surface area contributed by atoms with Gasteiger partial charge in [0.15, 0.2) is 0 Å². The molecule has 1 N–H and O–H groups in total. The van der Waals surface area contributed by atoms with Gasteiger partial charge in [0.1, 0.15) is 36.6 Å². The number of hydrogen-bond acceptors (Lipinski definition) is 6. The molecule has 1 fully saturated rings. The lowest BCUT2D eigenvalue weighted by Gasteiger charge is -2.48. The maximum absolute atomic E-state index is 12.2. The van der Waals surface area contributed by atoms with Crippen molar-refractivity contribution in [3.8, 4) is 0 Å². The highest BCUT2D eigenvalue weighted by atomic mass is 16.6. The van der Waals surface area contributed by atoms with E-state index in [1.807, 2.05) is 152 Å². The Hall–Kier alpha value is -4.14. The van der Waals surface area contributed by atoms with Gasteiger partial charge in [-0.15, -0.1) is 0 Å². The first kappa shape index (κ1) is 32.8. The number of ether oxygens (including phenoxy) is 5. The zero-order chi connectivity index (χ0) is 32.1. The third-order valence-electron chi connectivity index (χ3n) is 8.39. The van der Waals surface area contributed by atoms with Gasteiger partial charge in [0.05, 0.1) is 33.0 Å². The van der Waals surface area contributed by atoms with Gasteiger partial charge in [0.25, 0.3) is 0 Å². The summed E-state index contributed by atoms with van der Waals surface area (Å²) in [6.07, 6.45) is -4.58. The monoisotopic (exact) mass is 630 g/mol. The van der Waals surface area contributed by atoms with E-state index in [9.17, 15) is 5.11 Å². The standard InChI is InChI=1S/C41H42O6/c42-36-37(43-26-31-16-6-1-7-17-31)39(45-28-33-20-10-3-11-21-33)41(47-30-35-24-14-5-15-25-35)40(46-29-34-22-12-4-13-23-34)38(36)44-27-32-18-8-2-9-19-32/h1-25,36-42H,26-30H2. The molecule has 6 heteroatoms. The third kappa shape index (κ3) is 9.24. The Labute approximate surface area is 277 Å². The highest BCUT2D eigenvalue weighted by Crippen LogP contribution is 2.35. The van der Waals surface area contributed by atoms with E-state index in [0.29, 0.717) is 33.0 Å². The fourth-order valence-corrected chi connectivity index (χ4v) is 5.93. The van der Waals surface area contributed by atoms with Gasteiger partial charge in [-0.25, -0.2) is 0 Å². The summed E-state index contributed by atoms with van der Waals surface area (Å²) in [4.78, 5) is 0. The molecule has 0 saturated heterocycles. The minimum atomic E-state index is -1.07. The van der Waals surface area contributed by atoms with Crippen LogP contribution in [0.3, 0.4) is 0 Å². The zero-order valence-corrected chi connectivity index (χ0v) is 26.4. The van der Waals surface area contributed by atoms with Crippen molar-refractivity contribution in [2.75, 3.05) is 0 Å². The molecule has 1 aliphatic rings. The molecule has 0 aromatic heterocycles. The lowest BCUT2D eigenvalue weighted by atomic mass is 9.83. The Balaban J connectivity index is 1.35. The fourth-order valence-electron chi connectivity index (χ4n) is 5.93. The summed E-state index contributed by atoms with van der Waals surface area (Å²) in [5.41, 5.74) is 5.02. The van der Waals surface area contributed by atoms with E-state index in [-0.39, 0.29) is 0 Å². The first-order valence-electron chi connectivity index (χ1n) is 16.2.